The molecule has 0 spiro atoms. The third kappa shape index (κ3) is 4.59. The Morgan fingerprint density at radius 2 is 2.04 bits per heavy atom. The minimum atomic E-state index is -0.768. The van der Waals surface area contributed by atoms with E-state index in [1.807, 2.05) is 13.8 Å². The largest absolute Gasteiger partial charge is 0.507 e. The second-order valence-corrected chi connectivity index (χ2v) is 9.91. The van der Waals surface area contributed by atoms with Gasteiger partial charge in [-0.15, -0.1) is 0 Å². The van der Waals surface area contributed by atoms with Gasteiger partial charge in [0, 0.05) is 11.6 Å². The molecule has 28 heavy (non-hydrogen) atoms. The SMILES string of the molecule is CC1(C)SC(=S)N(/N=C/c2ccccc2O)[C@H]1N(O)C(=O)NC1CCCCC1. The van der Waals surface area contributed by atoms with Crippen molar-refractivity contribution in [2.24, 2.45) is 5.10 Å². The first kappa shape index (κ1) is 20.9. The van der Waals surface area contributed by atoms with E-state index in [-0.39, 0.29) is 11.8 Å². The third-order valence-corrected chi connectivity index (χ3v) is 6.56. The number of hydrogen-bond acceptors (Lipinski definition) is 6. The van der Waals surface area contributed by atoms with E-state index < -0.39 is 16.9 Å². The lowest BCUT2D eigenvalue weighted by Crippen LogP contribution is -2.57. The van der Waals surface area contributed by atoms with Crippen LogP contribution in [0.5, 0.6) is 5.75 Å². The third-order valence-electron chi connectivity index (χ3n) is 5.02. The summed E-state index contributed by atoms with van der Waals surface area (Å²) in [6.45, 7) is 3.81. The normalized spacial score (nSPS) is 22.6. The zero-order chi connectivity index (χ0) is 20.3. The highest BCUT2D eigenvalue weighted by Gasteiger charge is 2.50. The van der Waals surface area contributed by atoms with Crippen LogP contribution < -0.4 is 5.32 Å². The lowest BCUT2D eigenvalue weighted by atomic mass is 9.96. The van der Waals surface area contributed by atoms with Gasteiger partial charge in [0.25, 0.3) is 0 Å². The molecular formula is C19H26N4O3S2. The molecule has 3 N–H and O–H groups in total. The van der Waals surface area contributed by atoms with E-state index in [9.17, 15) is 15.1 Å². The van der Waals surface area contributed by atoms with Gasteiger partial charge in [0.05, 0.1) is 11.0 Å². The summed E-state index contributed by atoms with van der Waals surface area (Å²) < 4.78 is -0.114. The van der Waals surface area contributed by atoms with Gasteiger partial charge in [0.15, 0.2) is 10.5 Å². The first-order chi connectivity index (χ1) is 13.3. The van der Waals surface area contributed by atoms with E-state index in [2.05, 4.69) is 10.4 Å². The molecule has 1 heterocycles. The van der Waals surface area contributed by atoms with E-state index in [4.69, 9.17) is 12.2 Å². The van der Waals surface area contributed by atoms with E-state index in [1.165, 1.54) is 29.4 Å². The minimum Gasteiger partial charge on any atom is -0.507 e. The number of para-hydroxylation sites is 1. The molecule has 2 fully saturated rings. The molecule has 1 aromatic carbocycles. The summed E-state index contributed by atoms with van der Waals surface area (Å²) in [7, 11) is 0. The number of hydrazone groups is 1. The van der Waals surface area contributed by atoms with Crippen molar-refractivity contribution in [1.82, 2.24) is 15.4 Å². The highest BCUT2D eigenvalue weighted by atomic mass is 32.2. The van der Waals surface area contributed by atoms with E-state index in [0.717, 1.165) is 25.7 Å². The average Bonchev–Trinajstić information content (AvgIpc) is 2.89. The number of thioether (sulfide) groups is 1. The fraction of sp³-hybridized carbons (Fsp3) is 0.526. The second kappa shape index (κ2) is 8.67. The van der Waals surface area contributed by atoms with Crippen molar-refractivity contribution in [3.63, 3.8) is 0 Å². The topological polar surface area (TPSA) is 88.4 Å². The van der Waals surface area contributed by atoms with E-state index in [0.29, 0.717) is 14.9 Å². The summed E-state index contributed by atoms with van der Waals surface area (Å²) in [5, 5.41) is 30.1. The maximum absolute atomic E-state index is 12.7. The van der Waals surface area contributed by atoms with Crippen LogP contribution in [0.15, 0.2) is 29.4 Å². The zero-order valence-corrected chi connectivity index (χ0v) is 17.7. The van der Waals surface area contributed by atoms with Gasteiger partial charge in [-0.3, -0.25) is 5.21 Å². The Bertz CT molecular complexity index is 765. The summed E-state index contributed by atoms with van der Waals surface area (Å²) in [4.78, 5) is 12.7. The van der Waals surface area contributed by atoms with Crippen LogP contribution in [0.1, 0.15) is 51.5 Å². The fourth-order valence-corrected chi connectivity index (χ4v) is 5.33. The Kier molecular flexibility index (Phi) is 6.47. The molecule has 0 bridgehead atoms. The van der Waals surface area contributed by atoms with Crippen molar-refractivity contribution in [2.45, 2.75) is 62.9 Å². The predicted molar refractivity (Wildman–Crippen MR) is 115 cm³/mol. The molecule has 2 amide bonds. The second-order valence-electron chi connectivity index (χ2n) is 7.62. The van der Waals surface area contributed by atoms with Crippen LogP contribution in [0, 0.1) is 0 Å². The number of benzene rings is 1. The summed E-state index contributed by atoms with van der Waals surface area (Å²) in [5.74, 6) is 0.0933. The Morgan fingerprint density at radius 3 is 2.71 bits per heavy atom. The summed E-state index contributed by atoms with van der Waals surface area (Å²) in [6.07, 6.45) is 5.92. The Labute approximate surface area is 174 Å². The standard InChI is InChI=1S/C19H26N4O3S2/c1-19(2)16(23(26)17(25)21-14-9-4-3-5-10-14)22(18(27)28-19)20-12-13-8-6-7-11-15(13)24/h6-8,11-12,14,16,24,26H,3-5,9-10H2,1-2H3,(H,21,25)/b20-12+/t16-/m0/s1. The van der Waals surface area contributed by atoms with E-state index in [1.54, 1.807) is 24.3 Å². The molecule has 1 aliphatic heterocycles. The van der Waals surface area contributed by atoms with Crippen LogP contribution in [0.2, 0.25) is 0 Å². The number of amides is 2. The van der Waals surface area contributed by atoms with Crippen LogP contribution in [0.3, 0.4) is 0 Å². The molecule has 0 unspecified atom stereocenters. The predicted octanol–water partition coefficient (Wildman–Crippen LogP) is 3.90. The summed E-state index contributed by atoms with van der Waals surface area (Å²) in [5.41, 5.74) is 0.523. The van der Waals surface area contributed by atoms with Crippen LogP contribution in [-0.4, -0.2) is 53.9 Å². The quantitative estimate of drug-likeness (QED) is 0.295. The number of rotatable bonds is 4. The van der Waals surface area contributed by atoms with Crippen molar-refractivity contribution in [3.05, 3.63) is 29.8 Å². The van der Waals surface area contributed by atoms with Crippen LogP contribution in [0.4, 0.5) is 4.79 Å². The van der Waals surface area contributed by atoms with Gasteiger partial charge < -0.3 is 10.4 Å². The molecule has 1 aliphatic carbocycles. The van der Waals surface area contributed by atoms with Gasteiger partial charge in [-0.05, 0) is 38.8 Å². The smallest absolute Gasteiger partial charge is 0.343 e. The number of aromatic hydroxyl groups is 1. The molecule has 152 valence electrons. The monoisotopic (exact) mass is 422 g/mol. The van der Waals surface area contributed by atoms with Crippen LogP contribution in [0.25, 0.3) is 0 Å². The van der Waals surface area contributed by atoms with Gasteiger partial charge in [0.2, 0.25) is 0 Å². The number of nitrogens with zero attached hydrogens (tertiary/aromatic N) is 3. The molecule has 7 nitrogen and oxygen atoms in total. The molecule has 0 aromatic heterocycles. The number of phenols is 1. The highest BCUT2D eigenvalue weighted by molar-refractivity contribution is 8.24. The minimum absolute atomic E-state index is 0.0817. The number of nitrogens with one attached hydrogen (secondary N) is 1. The Balaban J connectivity index is 1.77. The Hall–Kier alpha value is -1.84. The lowest BCUT2D eigenvalue weighted by molar-refractivity contribution is -0.119. The zero-order valence-electron chi connectivity index (χ0n) is 16.0. The van der Waals surface area contributed by atoms with Gasteiger partial charge in [0.1, 0.15) is 5.75 Å². The number of carbonyl (C=O) groups excluding carboxylic acids is 1. The number of hydrogen-bond donors (Lipinski definition) is 3. The first-order valence-electron chi connectivity index (χ1n) is 9.42. The molecule has 9 heteroatoms. The number of phenolic OH excluding ortho intramolecular Hbond substituents is 1. The number of thiocarbonyl (C=S) groups is 1. The summed E-state index contributed by atoms with van der Waals surface area (Å²) >= 11 is 6.79. The fourth-order valence-electron chi connectivity index (χ4n) is 3.55. The Morgan fingerprint density at radius 1 is 1.36 bits per heavy atom. The molecule has 3 rings (SSSR count). The maximum Gasteiger partial charge on any atom is 0.343 e. The highest BCUT2D eigenvalue weighted by Crippen LogP contribution is 2.42. The van der Waals surface area contributed by atoms with Crippen molar-refractivity contribution in [3.8, 4) is 5.75 Å². The number of hydroxylamine groups is 2. The molecular weight excluding hydrogens is 396 g/mol. The van der Waals surface area contributed by atoms with Crippen LogP contribution in [-0.2, 0) is 0 Å². The lowest BCUT2D eigenvalue weighted by Gasteiger charge is -2.35. The van der Waals surface area contributed by atoms with Crippen molar-refractivity contribution < 1.29 is 15.1 Å². The molecule has 1 saturated carbocycles. The average molecular weight is 423 g/mol. The summed E-state index contributed by atoms with van der Waals surface area (Å²) in [6, 6.07) is 6.33. The van der Waals surface area contributed by atoms with Crippen molar-refractivity contribution >= 4 is 40.5 Å². The molecule has 1 aromatic rings. The molecule has 1 saturated heterocycles. The number of carbonyl (C=O) groups is 1. The molecule has 2 aliphatic rings. The molecule has 0 radical (unpaired) electrons. The maximum atomic E-state index is 12.7. The van der Waals surface area contributed by atoms with E-state index >= 15 is 0 Å². The van der Waals surface area contributed by atoms with Crippen molar-refractivity contribution in [1.29, 1.82) is 0 Å². The number of urea groups is 1. The van der Waals surface area contributed by atoms with Gasteiger partial charge in [-0.2, -0.15) is 10.2 Å². The van der Waals surface area contributed by atoms with Gasteiger partial charge in [-0.25, -0.2) is 9.80 Å². The molecule has 1 atom stereocenters. The van der Waals surface area contributed by atoms with Crippen molar-refractivity contribution in [2.75, 3.05) is 0 Å². The van der Waals surface area contributed by atoms with Crippen LogP contribution >= 0.6 is 24.0 Å². The first-order valence-corrected chi connectivity index (χ1v) is 10.6. The van der Waals surface area contributed by atoms with Gasteiger partial charge >= 0.3 is 6.03 Å². The van der Waals surface area contributed by atoms with Gasteiger partial charge in [-0.1, -0.05) is 55.4 Å².